The Bertz CT molecular complexity index is 521. The maximum atomic E-state index is 11.7. The molecule has 86 valence electrons. The topological polar surface area (TPSA) is 71.4 Å². The monoisotopic (exact) mass is 258 g/mol. The van der Waals surface area contributed by atoms with Crippen LogP contribution in [0.2, 0.25) is 0 Å². The summed E-state index contributed by atoms with van der Waals surface area (Å²) >= 11 is 1.16. The molecular weight excluding hydrogens is 248 g/mol. The number of carbonyl (C=O) groups is 1. The molecule has 2 rings (SSSR count). The molecule has 1 aromatic rings. The summed E-state index contributed by atoms with van der Waals surface area (Å²) in [6.45, 7) is 0. The second-order valence-electron chi connectivity index (χ2n) is 3.51. The molecule has 0 saturated carbocycles. The number of rotatable bonds is 3. The third-order valence-electron chi connectivity index (χ3n) is 2.38. The molecule has 0 saturated heterocycles. The zero-order valence-corrected chi connectivity index (χ0v) is 9.92. The molecule has 1 N–H and O–H groups in total. The Hall–Kier alpha value is -1.01. The lowest BCUT2D eigenvalue weighted by Gasteiger charge is -2.06. The highest BCUT2D eigenvalue weighted by Crippen LogP contribution is 2.41. The number of benzene rings is 1. The van der Waals surface area contributed by atoms with E-state index in [0.29, 0.717) is 4.90 Å². The molecular formula is C10H10O4S2. The average Bonchev–Trinajstić information content (AvgIpc) is 2.49. The number of thioether (sulfide) groups is 1. The average molecular weight is 258 g/mol. The minimum Gasteiger partial charge on any atom is -0.481 e. The highest BCUT2D eigenvalue weighted by atomic mass is 32.2. The van der Waals surface area contributed by atoms with Gasteiger partial charge in [-0.2, -0.15) is 0 Å². The van der Waals surface area contributed by atoms with Crippen molar-refractivity contribution in [2.24, 2.45) is 0 Å². The third kappa shape index (κ3) is 2.08. The molecule has 6 heteroatoms. The Morgan fingerprint density at radius 2 is 2.12 bits per heavy atom. The van der Waals surface area contributed by atoms with Gasteiger partial charge in [0, 0.05) is 5.25 Å². The summed E-state index contributed by atoms with van der Waals surface area (Å²) in [5.74, 6) is -0.995. The molecule has 1 unspecified atom stereocenters. The summed E-state index contributed by atoms with van der Waals surface area (Å²) in [6, 6.07) is 6.78. The normalized spacial score (nSPS) is 21.6. The quantitative estimate of drug-likeness (QED) is 0.885. The van der Waals surface area contributed by atoms with E-state index >= 15 is 0 Å². The number of hydrogen-bond acceptors (Lipinski definition) is 4. The van der Waals surface area contributed by atoms with E-state index in [-0.39, 0.29) is 16.8 Å². The van der Waals surface area contributed by atoms with Gasteiger partial charge in [-0.25, -0.2) is 8.42 Å². The summed E-state index contributed by atoms with van der Waals surface area (Å²) < 4.78 is 23.5. The van der Waals surface area contributed by atoms with Crippen LogP contribution in [0.25, 0.3) is 0 Å². The maximum absolute atomic E-state index is 11.7. The van der Waals surface area contributed by atoms with Crippen molar-refractivity contribution >= 4 is 27.6 Å². The lowest BCUT2D eigenvalue weighted by Crippen LogP contribution is -2.05. The smallest absolute Gasteiger partial charge is 0.313 e. The molecule has 0 aromatic heterocycles. The van der Waals surface area contributed by atoms with Crippen molar-refractivity contribution < 1.29 is 18.3 Å². The first-order chi connectivity index (χ1) is 7.50. The van der Waals surface area contributed by atoms with Gasteiger partial charge in [0.1, 0.15) is 0 Å². The Balaban J connectivity index is 2.30. The number of hydrogen-bond donors (Lipinski definition) is 1. The molecule has 16 heavy (non-hydrogen) atoms. The van der Waals surface area contributed by atoms with E-state index in [1.54, 1.807) is 24.3 Å². The summed E-state index contributed by atoms with van der Waals surface area (Å²) in [5, 5.41) is 8.33. The molecule has 0 fully saturated rings. The van der Waals surface area contributed by atoms with Crippen LogP contribution in [-0.2, 0) is 14.6 Å². The predicted molar refractivity (Wildman–Crippen MR) is 61.3 cm³/mol. The fraction of sp³-hybridized carbons (Fsp3) is 0.300. The summed E-state index contributed by atoms with van der Waals surface area (Å²) in [5.41, 5.74) is 0.730. The molecule has 0 bridgehead atoms. The standard InChI is InChI=1S/C10H10O4S2/c11-10(12)5-15-8-6-16(13,14)9-4-2-1-3-7(8)9/h1-4,8H,5-6H2,(H,11,12). The third-order valence-corrected chi connectivity index (χ3v) is 5.64. The summed E-state index contributed by atoms with van der Waals surface area (Å²) in [6.07, 6.45) is 0. The molecule has 1 atom stereocenters. The highest BCUT2D eigenvalue weighted by Gasteiger charge is 2.34. The van der Waals surface area contributed by atoms with Crippen LogP contribution in [0.1, 0.15) is 10.8 Å². The second kappa shape index (κ2) is 4.10. The lowest BCUT2D eigenvalue weighted by atomic mass is 10.2. The van der Waals surface area contributed by atoms with Crippen molar-refractivity contribution in [2.45, 2.75) is 10.1 Å². The van der Waals surface area contributed by atoms with E-state index < -0.39 is 15.8 Å². The van der Waals surface area contributed by atoms with Gasteiger partial charge >= 0.3 is 5.97 Å². The Kier molecular flexibility index (Phi) is 2.94. The highest BCUT2D eigenvalue weighted by molar-refractivity contribution is 8.02. The lowest BCUT2D eigenvalue weighted by molar-refractivity contribution is -0.133. The Morgan fingerprint density at radius 3 is 2.81 bits per heavy atom. The van der Waals surface area contributed by atoms with E-state index in [9.17, 15) is 13.2 Å². The molecule has 0 spiro atoms. The number of sulfone groups is 1. The minimum atomic E-state index is -3.22. The SMILES string of the molecule is O=C(O)CSC1CS(=O)(=O)c2ccccc21. The van der Waals surface area contributed by atoms with Crippen LogP contribution in [0, 0.1) is 0 Å². The number of fused-ring (bicyclic) bond motifs is 1. The van der Waals surface area contributed by atoms with Gasteiger partial charge in [-0.1, -0.05) is 18.2 Å². The molecule has 1 aliphatic rings. The zero-order chi connectivity index (χ0) is 11.8. The van der Waals surface area contributed by atoms with E-state index in [0.717, 1.165) is 17.3 Å². The van der Waals surface area contributed by atoms with Gasteiger partial charge < -0.3 is 5.11 Å². The fourth-order valence-corrected chi connectivity index (χ4v) is 5.06. The predicted octanol–water partition coefficient (Wildman–Crippen LogP) is 1.33. The van der Waals surface area contributed by atoms with Gasteiger partial charge in [-0.15, -0.1) is 11.8 Å². The van der Waals surface area contributed by atoms with Gasteiger partial charge in [0.25, 0.3) is 0 Å². The number of aliphatic carboxylic acids is 1. The Labute approximate surface area is 97.6 Å². The maximum Gasteiger partial charge on any atom is 0.313 e. The molecule has 4 nitrogen and oxygen atoms in total. The zero-order valence-electron chi connectivity index (χ0n) is 8.29. The first kappa shape index (κ1) is 11.5. The van der Waals surface area contributed by atoms with Crippen molar-refractivity contribution in [3.8, 4) is 0 Å². The van der Waals surface area contributed by atoms with Crippen LogP contribution in [-0.4, -0.2) is 31.0 Å². The molecule has 1 heterocycles. The van der Waals surface area contributed by atoms with Gasteiger partial charge in [-0.3, -0.25) is 4.79 Å². The first-order valence-electron chi connectivity index (χ1n) is 4.66. The van der Waals surface area contributed by atoms with Crippen LogP contribution >= 0.6 is 11.8 Å². The van der Waals surface area contributed by atoms with Crippen LogP contribution < -0.4 is 0 Å². The number of carboxylic acid groups (broad SMARTS) is 1. The van der Waals surface area contributed by atoms with Crippen molar-refractivity contribution in [3.63, 3.8) is 0 Å². The van der Waals surface area contributed by atoms with E-state index in [2.05, 4.69) is 0 Å². The molecule has 0 aliphatic carbocycles. The van der Waals surface area contributed by atoms with Crippen molar-refractivity contribution in [1.29, 1.82) is 0 Å². The summed E-state index contributed by atoms with van der Waals surface area (Å²) in [7, 11) is -3.22. The summed E-state index contributed by atoms with van der Waals surface area (Å²) in [4.78, 5) is 10.8. The largest absolute Gasteiger partial charge is 0.481 e. The van der Waals surface area contributed by atoms with Crippen molar-refractivity contribution in [2.75, 3.05) is 11.5 Å². The second-order valence-corrected chi connectivity index (χ2v) is 6.71. The number of carboxylic acids is 1. The minimum absolute atomic E-state index is 0.00426. The molecule has 0 amide bonds. The van der Waals surface area contributed by atoms with Crippen molar-refractivity contribution in [3.05, 3.63) is 29.8 Å². The van der Waals surface area contributed by atoms with Gasteiger partial charge in [0.15, 0.2) is 9.84 Å². The van der Waals surface area contributed by atoms with Gasteiger partial charge in [0.05, 0.1) is 16.4 Å². The van der Waals surface area contributed by atoms with Crippen LogP contribution in [0.5, 0.6) is 0 Å². The van der Waals surface area contributed by atoms with Crippen LogP contribution in [0.15, 0.2) is 29.2 Å². The molecule has 0 radical (unpaired) electrons. The molecule has 1 aliphatic heterocycles. The van der Waals surface area contributed by atoms with Crippen LogP contribution in [0.3, 0.4) is 0 Å². The molecule has 1 aromatic carbocycles. The van der Waals surface area contributed by atoms with Crippen LogP contribution in [0.4, 0.5) is 0 Å². The van der Waals surface area contributed by atoms with Gasteiger partial charge in [-0.05, 0) is 11.6 Å². The van der Waals surface area contributed by atoms with E-state index in [1.807, 2.05) is 0 Å². The fourth-order valence-electron chi connectivity index (χ4n) is 1.72. The van der Waals surface area contributed by atoms with E-state index in [4.69, 9.17) is 5.11 Å². The van der Waals surface area contributed by atoms with E-state index in [1.165, 1.54) is 0 Å². The van der Waals surface area contributed by atoms with Gasteiger partial charge in [0.2, 0.25) is 0 Å². The first-order valence-corrected chi connectivity index (χ1v) is 7.36. The van der Waals surface area contributed by atoms with Crippen molar-refractivity contribution in [1.82, 2.24) is 0 Å². The Morgan fingerprint density at radius 1 is 1.44 bits per heavy atom.